The molecule has 0 spiro atoms. The summed E-state index contributed by atoms with van der Waals surface area (Å²) in [6, 6.07) is 5.95. The minimum atomic E-state index is -2.55. The first-order valence-electron chi connectivity index (χ1n) is 18.2. The van der Waals surface area contributed by atoms with E-state index in [1.165, 1.54) is 11.1 Å². The number of carboxylic acid groups (broad SMARTS) is 1. The second-order valence-corrected chi connectivity index (χ2v) is 27.5. The van der Waals surface area contributed by atoms with Crippen LogP contribution in [-0.4, -0.2) is 61.9 Å². The van der Waals surface area contributed by atoms with Crippen LogP contribution in [-0.2, 0) is 18.4 Å². The number of aliphatic hydroxyl groups is 1. The highest BCUT2D eigenvalue weighted by Crippen LogP contribution is 2.44. The Balaban J connectivity index is 3.23. The number of pyridine rings is 1. The van der Waals surface area contributed by atoms with E-state index in [0.29, 0.717) is 0 Å². The fourth-order valence-corrected chi connectivity index (χ4v) is 8.52. The van der Waals surface area contributed by atoms with E-state index in [-0.39, 0.29) is 27.9 Å². The molecule has 5 atom stereocenters. The molecule has 0 fully saturated rings. The Kier molecular flexibility index (Phi) is 16.6. The van der Waals surface area contributed by atoms with Crippen LogP contribution in [0.5, 0.6) is 0 Å². The molecule has 2 N–H and O–H groups in total. The number of rotatable bonds is 19. The highest BCUT2D eigenvalue weighted by atomic mass is 28.4. The molecule has 1 rings (SSSR count). The van der Waals surface area contributed by atoms with Crippen LogP contribution in [0.1, 0.15) is 121 Å². The van der Waals surface area contributed by atoms with E-state index in [4.69, 9.17) is 8.85 Å². The summed E-state index contributed by atoms with van der Waals surface area (Å²) in [5.74, 6) is -1.97. The molecular formula is C40H71NO6Si2. The summed E-state index contributed by atoms with van der Waals surface area (Å²) in [5, 5.41) is 20.6. The molecule has 1 aromatic heterocycles. The molecule has 0 aliphatic carbocycles. The smallest absolute Gasteiger partial charge is 0.335 e. The minimum absolute atomic E-state index is 0.0563. The lowest BCUT2D eigenvalue weighted by molar-refractivity contribution is -0.161. The maximum Gasteiger partial charge on any atom is 0.335 e. The summed E-state index contributed by atoms with van der Waals surface area (Å²) < 4.78 is 13.6. The van der Waals surface area contributed by atoms with Crippen LogP contribution in [0.15, 0.2) is 41.6 Å². The average Bonchev–Trinajstić information content (AvgIpc) is 2.96. The molecule has 9 heteroatoms. The lowest BCUT2D eigenvalue weighted by Gasteiger charge is -2.47. The van der Waals surface area contributed by atoms with Gasteiger partial charge < -0.3 is 19.1 Å². The van der Waals surface area contributed by atoms with Gasteiger partial charge in [-0.25, -0.2) is 4.79 Å². The van der Waals surface area contributed by atoms with Crippen LogP contribution >= 0.6 is 0 Å². The summed E-state index contributed by atoms with van der Waals surface area (Å²) in [6.45, 7) is 33.1. The second kappa shape index (κ2) is 18.0. The average molecular weight is 718 g/mol. The van der Waals surface area contributed by atoms with Crippen molar-refractivity contribution in [2.45, 2.75) is 170 Å². The van der Waals surface area contributed by atoms with E-state index in [9.17, 15) is 19.8 Å². The van der Waals surface area contributed by atoms with Crippen LogP contribution < -0.4 is 0 Å². The molecule has 0 bridgehead atoms. The van der Waals surface area contributed by atoms with Crippen LogP contribution in [0.3, 0.4) is 0 Å². The quantitative estimate of drug-likeness (QED) is 0.108. The van der Waals surface area contributed by atoms with Crippen molar-refractivity contribution < 1.29 is 28.7 Å². The highest BCUT2D eigenvalue weighted by Gasteiger charge is 2.52. The zero-order valence-corrected chi connectivity index (χ0v) is 35.9. The number of aromatic nitrogens is 1. The topological polar surface area (TPSA) is 106 Å². The van der Waals surface area contributed by atoms with Gasteiger partial charge in [0.15, 0.2) is 22.7 Å². The Morgan fingerprint density at radius 1 is 0.878 bits per heavy atom. The Morgan fingerprint density at radius 3 is 1.92 bits per heavy atom. The van der Waals surface area contributed by atoms with Gasteiger partial charge in [-0.1, -0.05) is 92.5 Å². The zero-order valence-electron chi connectivity index (χ0n) is 33.9. The van der Waals surface area contributed by atoms with Crippen molar-refractivity contribution in [3.63, 3.8) is 0 Å². The first-order valence-corrected chi connectivity index (χ1v) is 24.0. The predicted molar refractivity (Wildman–Crippen MR) is 210 cm³/mol. The molecule has 0 aromatic carbocycles. The molecule has 0 saturated carbocycles. The van der Waals surface area contributed by atoms with Gasteiger partial charge in [0.05, 0.1) is 23.3 Å². The maximum absolute atomic E-state index is 14.6. The standard InChI is InChI=1S/C40H71NO6Si2/c1-28(21-19-23-29(2)27-32-25-17-18-26-41-32)22-20-24-30(3)34(46-48(13,14)38(5,6)7)31(4)35(43)40(11,12)36(33(42)37(44)45)47-49(15,16)39(8,9)10/h17-18,21,25-27,30-31,33-34,36,42H,19-20,22-24H2,1-16H3,(H,44,45)/t30-,31+,33?,34-,36+/m0/s1. The van der Waals surface area contributed by atoms with Crippen molar-refractivity contribution in [2.24, 2.45) is 17.3 Å². The largest absolute Gasteiger partial charge is 0.479 e. The van der Waals surface area contributed by atoms with Crippen LogP contribution in [0.4, 0.5) is 0 Å². The third-order valence-corrected chi connectivity index (χ3v) is 20.1. The summed E-state index contributed by atoms with van der Waals surface area (Å²) in [5.41, 5.74) is 2.37. The monoisotopic (exact) mass is 717 g/mol. The SMILES string of the molecule is CC(=Cc1ccccn1)CCC=C(C)CCC[C@H](C)[C@H](O[Si](C)(C)C(C)(C)C)[C@@H](C)C(=O)C(C)(C)[C@H](O[Si](C)(C)C(C)(C)C)C(O)C(=O)O. The van der Waals surface area contributed by atoms with E-state index < -0.39 is 46.1 Å². The molecule has 0 aliphatic rings. The number of ketones is 1. The van der Waals surface area contributed by atoms with Crippen molar-refractivity contribution >= 4 is 34.5 Å². The first kappa shape index (κ1) is 45.1. The van der Waals surface area contributed by atoms with Gasteiger partial charge in [-0.15, -0.1) is 0 Å². The van der Waals surface area contributed by atoms with Crippen molar-refractivity contribution in [1.29, 1.82) is 0 Å². The van der Waals surface area contributed by atoms with Crippen LogP contribution in [0, 0.1) is 17.3 Å². The molecule has 0 saturated heterocycles. The van der Waals surface area contributed by atoms with E-state index in [1.807, 2.05) is 44.4 Å². The number of carboxylic acids is 1. The van der Waals surface area contributed by atoms with Crippen molar-refractivity contribution in [2.75, 3.05) is 0 Å². The zero-order chi connectivity index (χ0) is 38.2. The molecule has 49 heavy (non-hydrogen) atoms. The molecule has 280 valence electrons. The number of allylic oxidation sites excluding steroid dienone is 3. The number of hydrogen-bond acceptors (Lipinski definition) is 6. The van der Waals surface area contributed by atoms with Gasteiger partial charge in [-0.3, -0.25) is 9.78 Å². The fourth-order valence-electron chi connectivity index (χ4n) is 5.64. The fraction of sp³-hybridized carbons (Fsp3) is 0.725. The highest BCUT2D eigenvalue weighted by molar-refractivity contribution is 6.74. The minimum Gasteiger partial charge on any atom is -0.479 e. The third kappa shape index (κ3) is 13.3. The third-order valence-electron chi connectivity index (χ3n) is 11.2. The molecular weight excluding hydrogens is 647 g/mol. The van der Waals surface area contributed by atoms with E-state index in [1.54, 1.807) is 13.8 Å². The molecule has 0 aliphatic heterocycles. The normalized spacial score (nSPS) is 17.3. The van der Waals surface area contributed by atoms with Crippen LogP contribution in [0.2, 0.25) is 36.3 Å². The lowest BCUT2D eigenvalue weighted by atomic mass is 9.72. The van der Waals surface area contributed by atoms with Crippen molar-refractivity contribution in [1.82, 2.24) is 4.98 Å². The molecule has 1 heterocycles. The number of carbonyl (C=O) groups excluding carboxylic acids is 1. The van der Waals surface area contributed by atoms with Gasteiger partial charge in [-0.2, -0.15) is 0 Å². The molecule has 1 unspecified atom stereocenters. The summed E-state index contributed by atoms with van der Waals surface area (Å²) in [7, 11) is -4.84. The van der Waals surface area contributed by atoms with Crippen molar-refractivity contribution in [3.05, 3.63) is 47.3 Å². The number of hydrogen-bond donors (Lipinski definition) is 2. The van der Waals surface area contributed by atoms with E-state index >= 15 is 0 Å². The molecule has 0 radical (unpaired) electrons. The van der Waals surface area contributed by atoms with Gasteiger partial charge >= 0.3 is 5.97 Å². The Bertz CT molecular complexity index is 1270. The van der Waals surface area contributed by atoms with Gasteiger partial charge in [0.2, 0.25) is 0 Å². The first-order chi connectivity index (χ1) is 22.2. The molecule has 7 nitrogen and oxygen atoms in total. The number of aliphatic hydroxyl groups excluding tert-OH is 1. The number of nitrogens with zero attached hydrogens (tertiary/aromatic N) is 1. The molecule has 0 amide bonds. The molecule has 1 aromatic rings. The van der Waals surface area contributed by atoms with Gasteiger partial charge in [0.1, 0.15) is 5.78 Å². The Morgan fingerprint density at radius 2 is 1.43 bits per heavy atom. The summed E-state index contributed by atoms with van der Waals surface area (Å²) in [4.78, 5) is 31.1. The number of carbonyl (C=O) groups is 2. The summed E-state index contributed by atoms with van der Waals surface area (Å²) in [6.07, 6.45) is 7.71. The van der Waals surface area contributed by atoms with E-state index in [0.717, 1.165) is 37.8 Å². The second-order valence-electron chi connectivity index (χ2n) is 18.0. The number of Topliss-reactive ketones (excluding diaryl/α,β-unsaturated/α-hetero) is 1. The lowest BCUT2D eigenvalue weighted by Crippen LogP contribution is -2.58. The van der Waals surface area contributed by atoms with Gasteiger partial charge in [0, 0.05) is 12.1 Å². The van der Waals surface area contributed by atoms with Crippen molar-refractivity contribution in [3.8, 4) is 0 Å². The van der Waals surface area contributed by atoms with Gasteiger partial charge in [0.25, 0.3) is 0 Å². The maximum atomic E-state index is 14.6. The Hall–Kier alpha value is -1.92. The van der Waals surface area contributed by atoms with Gasteiger partial charge in [-0.05, 0) is 106 Å². The summed E-state index contributed by atoms with van der Waals surface area (Å²) >= 11 is 0. The number of aliphatic carboxylic acids is 1. The van der Waals surface area contributed by atoms with E-state index in [2.05, 4.69) is 92.5 Å². The Labute approximate surface area is 301 Å². The predicted octanol–water partition coefficient (Wildman–Crippen LogP) is 10.5. The van der Waals surface area contributed by atoms with Crippen LogP contribution in [0.25, 0.3) is 6.08 Å².